The molecule has 1 heterocycles. The fourth-order valence-electron chi connectivity index (χ4n) is 2.10. The van der Waals surface area contributed by atoms with E-state index in [2.05, 4.69) is 24.3 Å². The Morgan fingerprint density at radius 1 is 0.941 bits per heavy atom. The normalized spacial score (nSPS) is 17.4. The molecule has 2 heteroatoms. The zero-order chi connectivity index (χ0) is 11.7. The van der Waals surface area contributed by atoms with Crippen LogP contribution in [0.2, 0.25) is 5.02 Å². The fourth-order valence-corrected chi connectivity index (χ4v) is 2.23. The number of hydrogen-bond donors (Lipinski definition) is 0. The summed E-state index contributed by atoms with van der Waals surface area (Å²) in [5.74, 6) is 1.17. The molecule has 1 atom stereocenters. The van der Waals surface area contributed by atoms with Crippen LogP contribution in [-0.2, 0) is 0 Å². The number of allylic oxidation sites excluding steroid dienone is 1. The predicted molar refractivity (Wildman–Crippen MR) is 69.5 cm³/mol. The van der Waals surface area contributed by atoms with E-state index in [1.54, 1.807) is 6.26 Å². The first kappa shape index (κ1) is 10.4. The van der Waals surface area contributed by atoms with Crippen LogP contribution in [-0.4, -0.2) is 0 Å². The SMILES string of the molecule is Clc1ccc(C2C=COc3ccccc32)cc1. The number of hydrogen-bond acceptors (Lipinski definition) is 1. The van der Waals surface area contributed by atoms with Crippen molar-refractivity contribution in [3.8, 4) is 5.75 Å². The lowest BCUT2D eigenvalue weighted by atomic mass is 9.90. The van der Waals surface area contributed by atoms with Gasteiger partial charge in [0.25, 0.3) is 0 Å². The van der Waals surface area contributed by atoms with E-state index in [1.807, 2.05) is 30.3 Å². The van der Waals surface area contributed by atoms with Gasteiger partial charge in [0.15, 0.2) is 0 Å². The van der Waals surface area contributed by atoms with E-state index in [1.165, 1.54) is 11.1 Å². The lowest BCUT2D eigenvalue weighted by Crippen LogP contribution is -2.05. The minimum Gasteiger partial charge on any atom is -0.465 e. The highest BCUT2D eigenvalue weighted by Gasteiger charge is 2.18. The van der Waals surface area contributed by atoms with Gasteiger partial charge in [-0.05, 0) is 29.8 Å². The van der Waals surface area contributed by atoms with Crippen LogP contribution in [0.3, 0.4) is 0 Å². The van der Waals surface area contributed by atoms with E-state index in [0.717, 1.165) is 10.8 Å². The van der Waals surface area contributed by atoms with E-state index < -0.39 is 0 Å². The largest absolute Gasteiger partial charge is 0.465 e. The summed E-state index contributed by atoms with van der Waals surface area (Å²) in [5.41, 5.74) is 2.42. The molecule has 17 heavy (non-hydrogen) atoms. The van der Waals surface area contributed by atoms with Crippen molar-refractivity contribution in [2.24, 2.45) is 0 Å². The van der Waals surface area contributed by atoms with Gasteiger partial charge in [0.1, 0.15) is 5.75 Å². The van der Waals surface area contributed by atoms with Crippen LogP contribution < -0.4 is 4.74 Å². The minimum atomic E-state index is 0.247. The molecule has 1 aliphatic rings. The third-order valence-electron chi connectivity index (χ3n) is 2.95. The van der Waals surface area contributed by atoms with E-state index in [-0.39, 0.29) is 5.92 Å². The molecule has 0 amide bonds. The zero-order valence-corrected chi connectivity index (χ0v) is 9.89. The molecule has 1 aliphatic heterocycles. The van der Waals surface area contributed by atoms with E-state index in [9.17, 15) is 0 Å². The standard InChI is InChI=1S/C15H11ClO/c16-12-7-5-11(6-8-12)13-9-10-17-15-4-2-1-3-14(13)15/h1-10,13H. The monoisotopic (exact) mass is 242 g/mol. The average Bonchev–Trinajstić information content (AvgIpc) is 2.39. The molecule has 0 bridgehead atoms. The van der Waals surface area contributed by atoms with Gasteiger partial charge in [-0.2, -0.15) is 0 Å². The second-order valence-electron chi connectivity index (χ2n) is 4.01. The first-order chi connectivity index (χ1) is 8.34. The number of fused-ring (bicyclic) bond motifs is 1. The maximum atomic E-state index is 5.91. The van der Waals surface area contributed by atoms with Gasteiger partial charge >= 0.3 is 0 Å². The number of benzene rings is 2. The van der Waals surface area contributed by atoms with Crippen molar-refractivity contribution in [3.63, 3.8) is 0 Å². The molecule has 2 aromatic rings. The lowest BCUT2D eigenvalue weighted by Gasteiger charge is -2.20. The van der Waals surface area contributed by atoms with Crippen LogP contribution in [0.4, 0.5) is 0 Å². The van der Waals surface area contributed by atoms with Crippen LogP contribution >= 0.6 is 11.6 Å². The van der Waals surface area contributed by atoms with Crippen molar-refractivity contribution in [3.05, 3.63) is 77.0 Å². The minimum absolute atomic E-state index is 0.247. The summed E-state index contributed by atoms with van der Waals surface area (Å²) in [5, 5.41) is 0.762. The predicted octanol–water partition coefficient (Wildman–Crippen LogP) is 4.38. The second-order valence-corrected chi connectivity index (χ2v) is 4.45. The molecule has 0 fully saturated rings. The highest BCUT2D eigenvalue weighted by atomic mass is 35.5. The van der Waals surface area contributed by atoms with Crippen molar-refractivity contribution in [2.45, 2.75) is 5.92 Å². The van der Waals surface area contributed by atoms with E-state index in [4.69, 9.17) is 16.3 Å². The Morgan fingerprint density at radius 3 is 2.53 bits per heavy atom. The molecule has 1 unspecified atom stereocenters. The Labute approximate surface area is 105 Å². The Balaban J connectivity index is 2.06. The maximum Gasteiger partial charge on any atom is 0.130 e. The van der Waals surface area contributed by atoms with Crippen molar-refractivity contribution < 1.29 is 4.74 Å². The Morgan fingerprint density at radius 2 is 1.71 bits per heavy atom. The van der Waals surface area contributed by atoms with Crippen molar-refractivity contribution in [1.29, 1.82) is 0 Å². The number of para-hydroxylation sites is 1. The van der Waals surface area contributed by atoms with Crippen LogP contribution in [0.5, 0.6) is 5.75 Å². The molecule has 2 aromatic carbocycles. The summed E-state index contributed by atoms with van der Waals surface area (Å²) >= 11 is 5.91. The number of rotatable bonds is 1. The van der Waals surface area contributed by atoms with Gasteiger partial charge in [-0.25, -0.2) is 0 Å². The maximum absolute atomic E-state index is 5.91. The molecule has 0 N–H and O–H groups in total. The molecular formula is C15H11ClO. The molecule has 0 saturated carbocycles. The Bertz CT molecular complexity index is 557. The van der Waals surface area contributed by atoms with Crippen molar-refractivity contribution >= 4 is 11.6 Å². The number of ether oxygens (including phenoxy) is 1. The molecule has 0 spiro atoms. The first-order valence-corrected chi connectivity index (χ1v) is 5.90. The average molecular weight is 243 g/mol. The van der Waals surface area contributed by atoms with Crippen LogP contribution in [0.25, 0.3) is 0 Å². The zero-order valence-electron chi connectivity index (χ0n) is 9.14. The lowest BCUT2D eigenvalue weighted by molar-refractivity contribution is 0.459. The molecule has 0 aromatic heterocycles. The molecule has 0 radical (unpaired) electrons. The van der Waals surface area contributed by atoms with Gasteiger partial charge in [-0.1, -0.05) is 41.9 Å². The third-order valence-corrected chi connectivity index (χ3v) is 3.20. The van der Waals surface area contributed by atoms with Crippen LogP contribution in [0, 0.1) is 0 Å². The Kier molecular flexibility index (Phi) is 2.62. The fraction of sp³-hybridized carbons (Fsp3) is 0.0667. The summed E-state index contributed by atoms with van der Waals surface area (Å²) in [6.07, 6.45) is 3.81. The summed E-state index contributed by atoms with van der Waals surface area (Å²) in [6, 6.07) is 16.0. The summed E-state index contributed by atoms with van der Waals surface area (Å²) in [7, 11) is 0. The van der Waals surface area contributed by atoms with Gasteiger partial charge in [-0.15, -0.1) is 0 Å². The number of halogens is 1. The summed E-state index contributed by atoms with van der Waals surface area (Å²) < 4.78 is 5.49. The third kappa shape index (κ3) is 1.94. The van der Waals surface area contributed by atoms with Crippen LogP contribution in [0.1, 0.15) is 17.0 Å². The topological polar surface area (TPSA) is 9.23 Å². The van der Waals surface area contributed by atoms with Crippen LogP contribution in [0.15, 0.2) is 60.9 Å². The molecule has 0 saturated heterocycles. The Hall–Kier alpha value is -1.73. The highest BCUT2D eigenvalue weighted by molar-refractivity contribution is 6.30. The first-order valence-electron chi connectivity index (χ1n) is 5.52. The quantitative estimate of drug-likeness (QED) is 0.721. The highest BCUT2D eigenvalue weighted by Crippen LogP contribution is 2.36. The van der Waals surface area contributed by atoms with Gasteiger partial charge in [0.05, 0.1) is 6.26 Å². The van der Waals surface area contributed by atoms with E-state index in [0.29, 0.717) is 0 Å². The molecular weight excluding hydrogens is 232 g/mol. The summed E-state index contributed by atoms with van der Waals surface area (Å²) in [4.78, 5) is 0. The van der Waals surface area contributed by atoms with Gasteiger partial charge in [0.2, 0.25) is 0 Å². The molecule has 1 nitrogen and oxygen atoms in total. The summed E-state index contributed by atoms with van der Waals surface area (Å²) in [6.45, 7) is 0. The molecule has 3 rings (SSSR count). The van der Waals surface area contributed by atoms with Crippen molar-refractivity contribution in [1.82, 2.24) is 0 Å². The smallest absolute Gasteiger partial charge is 0.130 e. The molecule has 84 valence electrons. The van der Waals surface area contributed by atoms with Gasteiger partial charge < -0.3 is 4.74 Å². The van der Waals surface area contributed by atoms with E-state index >= 15 is 0 Å². The van der Waals surface area contributed by atoms with Gasteiger partial charge in [0, 0.05) is 16.5 Å². The second kappa shape index (κ2) is 4.27. The van der Waals surface area contributed by atoms with Crippen molar-refractivity contribution in [2.75, 3.05) is 0 Å². The molecule has 0 aliphatic carbocycles. The van der Waals surface area contributed by atoms with Gasteiger partial charge in [-0.3, -0.25) is 0 Å².